The van der Waals surface area contributed by atoms with Crippen LogP contribution in [0.3, 0.4) is 0 Å². The first kappa shape index (κ1) is 19.4. The summed E-state index contributed by atoms with van der Waals surface area (Å²) in [5, 5.41) is 2.93. The number of ether oxygens (including phenoxy) is 1. The number of nitrogens with zero attached hydrogens (tertiary/aromatic N) is 1. The monoisotopic (exact) mass is 341 g/mol. The Balaban J connectivity index is 0.00000264. The molecule has 0 radical (unpaired) electrons. The van der Waals surface area contributed by atoms with Gasteiger partial charge < -0.3 is 20.7 Å². The van der Waals surface area contributed by atoms with Crippen molar-refractivity contribution in [3.05, 3.63) is 35.9 Å². The average molecular weight is 342 g/mol. The molecule has 1 aromatic carbocycles. The summed E-state index contributed by atoms with van der Waals surface area (Å²) in [4.78, 5) is 25.8. The van der Waals surface area contributed by atoms with E-state index in [1.54, 1.807) is 4.90 Å². The fraction of sp³-hybridized carbons (Fsp3) is 0.500. The number of carbonyl (C=O) groups is 2. The molecule has 3 N–H and O–H groups in total. The Hall–Kier alpha value is -1.63. The number of nitrogens with two attached hydrogens (primary N) is 1. The van der Waals surface area contributed by atoms with Crippen molar-refractivity contribution in [1.82, 2.24) is 10.2 Å². The first-order valence-electron chi connectivity index (χ1n) is 7.49. The minimum atomic E-state index is -0.717. The van der Waals surface area contributed by atoms with Crippen LogP contribution in [0.4, 0.5) is 0 Å². The summed E-state index contributed by atoms with van der Waals surface area (Å²) in [6, 6.07) is 8.63. The predicted octanol–water partition coefficient (Wildman–Crippen LogP) is 0.862. The molecule has 1 aliphatic rings. The van der Waals surface area contributed by atoms with Crippen LogP contribution < -0.4 is 11.1 Å². The zero-order valence-electron chi connectivity index (χ0n) is 13.2. The third kappa shape index (κ3) is 5.49. The zero-order valence-corrected chi connectivity index (χ0v) is 14.1. The van der Waals surface area contributed by atoms with Crippen molar-refractivity contribution in [2.75, 3.05) is 26.8 Å². The predicted molar refractivity (Wildman–Crippen MR) is 90.2 cm³/mol. The Labute approximate surface area is 142 Å². The van der Waals surface area contributed by atoms with Crippen LogP contribution in [-0.2, 0) is 14.3 Å². The number of benzene rings is 1. The third-order valence-corrected chi connectivity index (χ3v) is 3.78. The molecule has 0 aliphatic carbocycles. The molecule has 128 valence electrons. The number of nitrogens with one attached hydrogen (secondary N) is 1. The van der Waals surface area contributed by atoms with E-state index in [1.165, 1.54) is 7.11 Å². The van der Waals surface area contributed by atoms with E-state index in [9.17, 15) is 9.59 Å². The topological polar surface area (TPSA) is 84.7 Å². The second-order valence-electron chi connectivity index (χ2n) is 5.48. The highest BCUT2D eigenvalue weighted by atomic mass is 35.5. The Morgan fingerprint density at radius 1 is 1.39 bits per heavy atom. The Morgan fingerprint density at radius 2 is 2.09 bits per heavy atom. The molecule has 2 atom stereocenters. The maximum absolute atomic E-state index is 12.2. The second kappa shape index (κ2) is 9.50. The van der Waals surface area contributed by atoms with Crippen LogP contribution >= 0.6 is 12.4 Å². The molecule has 2 rings (SSSR count). The van der Waals surface area contributed by atoms with Crippen LogP contribution in [0.2, 0.25) is 0 Å². The summed E-state index contributed by atoms with van der Waals surface area (Å²) < 4.78 is 4.91. The molecule has 0 saturated carbocycles. The van der Waals surface area contributed by atoms with Gasteiger partial charge in [0, 0.05) is 26.6 Å². The lowest BCUT2D eigenvalue weighted by Crippen LogP contribution is -2.47. The van der Waals surface area contributed by atoms with Gasteiger partial charge in [0.2, 0.25) is 11.8 Å². The van der Waals surface area contributed by atoms with Crippen molar-refractivity contribution >= 4 is 24.2 Å². The highest BCUT2D eigenvalue weighted by Gasteiger charge is 2.26. The summed E-state index contributed by atoms with van der Waals surface area (Å²) in [5.74, 6) is -0.140. The lowest BCUT2D eigenvalue weighted by molar-refractivity contribution is -0.129. The summed E-state index contributed by atoms with van der Waals surface area (Å²) in [7, 11) is 1.50. The number of halogens is 1. The third-order valence-electron chi connectivity index (χ3n) is 3.78. The van der Waals surface area contributed by atoms with E-state index >= 15 is 0 Å². The van der Waals surface area contributed by atoms with Crippen LogP contribution in [0.1, 0.15) is 24.4 Å². The number of hydrogen-bond acceptors (Lipinski definition) is 4. The van der Waals surface area contributed by atoms with Gasteiger partial charge in [0.05, 0.1) is 12.6 Å². The van der Waals surface area contributed by atoms with Crippen LogP contribution in [0.5, 0.6) is 0 Å². The van der Waals surface area contributed by atoms with Crippen molar-refractivity contribution in [3.8, 4) is 0 Å². The lowest BCUT2D eigenvalue weighted by atomic mass is 10.1. The van der Waals surface area contributed by atoms with Gasteiger partial charge >= 0.3 is 0 Å². The first-order valence-corrected chi connectivity index (χ1v) is 7.49. The Kier molecular flexibility index (Phi) is 8.02. The van der Waals surface area contributed by atoms with E-state index in [0.717, 1.165) is 18.5 Å². The quantitative estimate of drug-likeness (QED) is 0.770. The molecule has 1 heterocycles. The standard InChI is InChI=1S/C16H23N3O3.ClH/c1-22-11-13(17)16(21)18-14(12-6-3-2-4-7-12)10-19-9-5-8-15(19)20;/h2-4,6-7,13-14H,5,8-11,17H2,1H3,(H,18,21);1H. The van der Waals surface area contributed by atoms with Gasteiger partial charge in [-0.05, 0) is 12.0 Å². The Morgan fingerprint density at radius 3 is 2.65 bits per heavy atom. The SMILES string of the molecule is COCC(N)C(=O)NC(CN1CCCC1=O)c1ccccc1.Cl. The molecule has 0 spiro atoms. The highest BCUT2D eigenvalue weighted by molar-refractivity contribution is 5.85. The average Bonchev–Trinajstić information content (AvgIpc) is 2.93. The fourth-order valence-corrected chi connectivity index (χ4v) is 2.57. The summed E-state index contributed by atoms with van der Waals surface area (Å²) in [5.41, 5.74) is 6.73. The smallest absolute Gasteiger partial charge is 0.239 e. The molecule has 1 fully saturated rings. The van der Waals surface area contributed by atoms with E-state index in [0.29, 0.717) is 13.0 Å². The minimum Gasteiger partial charge on any atom is -0.383 e. The van der Waals surface area contributed by atoms with Crippen LogP contribution in [0, 0.1) is 0 Å². The number of rotatable bonds is 7. The molecular weight excluding hydrogens is 318 g/mol. The van der Waals surface area contributed by atoms with Crippen LogP contribution in [0.25, 0.3) is 0 Å². The van der Waals surface area contributed by atoms with Gasteiger partial charge in [0.25, 0.3) is 0 Å². The van der Waals surface area contributed by atoms with Crippen molar-refractivity contribution in [2.45, 2.75) is 24.9 Å². The fourth-order valence-electron chi connectivity index (χ4n) is 2.57. The maximum Gasteiger partial charge on any atom is 0.239 e. The molecule has 2 amide bonds. The normalized spacial score (nSPS) is 16.6. The summed E-state index contributed by atoms with van der Waals surface area (Å²) in [6.07, 6.45) is 1.45. The van der Waals surface area contributed by atoms with Crippen molar-refractivity contribution in [2.24, 2.45) is 5.73 Å². The van der Waals surface area contributed by atoms with Gasteiger partial charge in [0.15, 0.2) is 0 Å². The molecule has 1 aliphatic heterocycles. The molecule has 23 heavy (non-hydrogen) atoms. The molecule has 1 aromatic rings. The first-order chi connectivity index (χ1) is 10.6. The van der Waals surface area contributed by atoms with Crippen molar-refractivity contribution in [3.63, 3.8) is 0 Å². The van der Waals surface area contributed by atoms with Crippen LogP contribution in [0.15, 0.2) is 30.3 Å². The van der Waals surface area contributed by atoms with E-state index in [4.69, 9.17) is 10.5 Å². The van der Waals surface area contributed by atoms with E-state index in [-0.39, 0.29) is 36.9 Å². The van der Waals surface area contributed by atoms with Gasteiger partial charge in [-0.2, -0.15) is 0 Å². The van der Waals surface area contributed by atoms with Gasteiger partial charge in [-0.15, -0.1) is 12.4 Å². The van der Waals surface area contributed by atoms with E-state index in [1.807, 2.05) is 30.3 Å². The molecule has 6 nitrogen and oxygen atoms in total. The molecule has 0 aromatic heterocycles. The van der Waals surface area contributed by atoms with Gasteiger partial charge in [0.1, 0.15) is 6.04 Å². The Bertz CT molecular complexity index is 513. The maximum atomic E-state index is 12.2. The van der Waals surface area contributed by atoms with Crippen LogP contribution in [-0.4, -0.2) is 49.6 Å². The van der Waals surface area contributed by atoms with Gasteiger partial charge in [-0.1, -0.05) is 30.3 Å². The molecule has 1 saturated heterocycles. The molecule has 7 heteroatoms. The number of methoxy groups -OCH3 is 1. The lowest BCUT2D eigenvalue weighted by Gasteiger charge is -2.26. The minimum absolute atomic E-state index is 0. The summed E-state index contributed by atoms with van der Waals surface area (Å²) in [6.45, 7) is 1.37. The van der Waals surface area contributed by atoms with Crippen molar-refractivity contribution < 1.29 is 14.3 Å². The number of hydrogen-bond donors (Lipinski definition) is 2. The second-order valence-corrected chi connectivity index (χ2v) is 5.48. The number of amides is 2. The van der Waals surface area contributed by atoms with E-state index < -0.39 is 6.04 Å². The molecule has 0 bridgehead atoms. The highest BCUT2D eigenvalue weighted by Crippen LogP contribution is 2.18. The van der Waals surface area contributed by atoms with Gasteiger partial charge in [-0.25, -0.2) is 0 Å². The number of likely N-dealkylation sites (tertiary alicyclic amines) is 1. The molecular formula is C16H24ClN3O3. The van der Waals surface area contributed by atoms with Gasteiger partial charge in [-0.3, -0.25) is 9.59 Å². The largest absolute Gasteiger partial charge is 0.383 e. The number of carbonyl (C=O) groups excluding carboxylic acids is 2. The summed E-state index contributed by atoms with van der Waals surface area (Å²) >= 11 is 0. The molecule has 2 unspecified atom stereocenters. The van der Waals surface area contributed by atoms with Crippen molar-refractivity contribution in [1.29, 1.82) is 0 Å². The zero-order chi connectivity index (χ0) is 15.9. The van der Waals surface area contributed by atoms with E-state index in [2.05, 4.69) is 5.32 Å².